The second-order valence-corrected chi connectivity index (χ2v) is 7.33. The fourth-order valence-corrected chi connectivity index (χ4v) is 2.85. The van der Waals surface area contributed by atoms with Gasteiger partial charge in [-0.25, -0.2) is 14.4 Å². The standard InChI is InChI=1S/C22H21FN8O/c1-22(2,32)19-8-4-6-14(28-19)11-27-12-18(31-26)17-9-16(29-21(25)30-17)15-7-3-5-13(10-24)20(15)23/h3-9,12,32H,11,26H2,1-2H3,(H2,25,29,30). The van der Waals surface area contributed by atoms with E-state index < -0.39 is 11.4 Å². The van der Waals surface area contributed by atoms with E-state index in [0.29, 0.717) is 11.4 Å². The summed E-state index contributed by atoms with van der Waals surface area (Å²) in [6.45, 7) is 3.50. The molecular weight excluding hydrogens is 411 g/mol. The number of pyridine rings is 1. The van der Waals surface area contributed by atoms with Crippen LogP contribution in [0, 0.1) is 17.1 Å². The van der Waals surface area contributed by atoms with Crippen LogP contribution < -0.4 is 11.6 Å². The van der Waals surface area contributed by atoms with Crippen molar-refractivity contribution < 1.29 is 9.50 Å². The van der Waals surface area contributed by atoms with Gasteiger partial charge in [0.2, 0.25) is 5.95 Å². The van der Waals surface area contributed by atoms with Crippen molar-refractivity contribution in [1.29, 1.82) is 5.26 Å². The van der Waals surface area contributed by atoms with E-state index in [9.17, 15) is 9.50 Å². The Balaban J connectivity index is 1.88. The number of nitrogens with two attached hydrogens (primary N) is 2. The minimum absolute atomic E-state index is 0.0975. The summed E-state index contributed by atoms with van der Waals surface area (Å²) in [6, 6.07) is 12.9. The van der Waals surface area contributed by atoms with Crippen molar-refractivity contribution >= 4 is 17.9 Å². The molecule has 3 aromatic rings. The van der Waals surface area contributed by atoms with E-state index in [1.54, 1.807) is 44.2 Å². The Labute approximate surface area is 184 Å². The van der Waals surface area contributed by atoms with Crippen LogP contribution in [-0.2, 0) is 12.1 Å². The Bertz CT molecular complexity index is 1240. The van der Waals surface area contributed by atoms with Crippen molar-refractivity contribution in [3.8, 4) is 17.3 Å². The lowest BCUT2D eigenvalue weighted by molar-refractivity contribution is 0.0736. The first-order chi connectivity index (χ1) is 15.2. The SMILES string of the molecule is CC(C)(O)c1cccc(CN=CC(=NN)c2cc(-c3cccc(C#N)c3F)nc(N)n2)n1. The summed E-state index contributed by atoms with van der Waals surface area (Å²) in [7, 11) is 0. The number of anilines is 1. The van der Waals surface area contributed by atoms with E-state index in [1.165, 1.54) is 24.4 Å². The van der Waals surface area contributed by atoms with Crippen molar-refractivity contribution in [3.05, 3.63) is 70.9 Å². The lowest BCUT2D eigenvalue weighted by Crippen LogP contribution is -2.18. The first-order valence-corrected chi connectivity index (χ1v) is 9.53. The van der Waals surface area contributed by atoms with Gasteiger partial charge in [-0.3, -0.25) is 9.98 Å². The molecule has 0 saturated heterocycles. The van der Waals surface area contributed by atoms with Gasteiger partial charge in [-0.05, 0) is 44.2 Å². The lowest BCUT2D eigenvalue weighted by Gasteiger charge is -2.16. The molecule has 0 radical (unpaired) electrons. The Morgan fingerprint density at radius 3 is 2.66 bits per heavy atom. The molecule has 0 spiro atoms. The second-order valence-electron chi connectivity index (χ2n) is 7.33. The maximum absolute atomic E-state index is 14.6. The van der Waals surface area contributed by atoms with Gasteiger partial charge in [-0.2, -0.15) is 10.4 Å². The van der Waals surface area contributed by atoms with Gasteiger partial charge in [0.25, 0.3) is 0 Å². The van der Waals surface area contributed by atoms with Gasteiger partial charge in [0.1, 0.15) is 23.2 Å². The molecular formula is C22H21FN8O. The number of aliphatic hydroxyl groups is 1. The minimum atomic E-state index is -1.07. The van der Waals surface area contributed by atoms with Gasteiger partial charge < -0.3 is 16.7 Å². The van der Waals surface area contributed by atoms with Gasteiger partial charge >= 0.3 is 0 Å². The molecule has 10 heteroatoms. The van der Waals surface area contributed by atoms with Crippen LogP contribution in [0.2, 0.25) is 0 Å². The predicted octanol–water partition coefficient (Wildman–Crippen LogP) is 2.29. The molecule has 0 bridgehead atoms. The molecule has 0 amide bonds. The maximum Gasteiger partial charge on any atom is 0.221 e. The highest BCUT2D eigenvalue weighted by atomic mass is 19.1. The van der Waals surface area contributed by atoms with Crippen LogP contribution in [0.1, 0.15) is 36.5 Å². The molecule has 32 heavy (non-hydrogen) atoms. The van der Waals surface area contributed by atoms with Gasteiger partial charge in [0.15, 0.2) is 0 Å². The highest BCUT2D eigenvalue weighted by Crippen LogP contribution is 2.24. The normalized spacial score (nSPS) is 12.2. The molecule has 0 aliphatic carbocycles. The van der Waals surface area contributed by atoms with Crippen molar-refractivity contribution in [2.45, 2.75) is 26.0 Å². The number of aliphatic imine (C=N–C) groups is 1. The van der Waals surface area contributed by atoms with E-state index >= 15 is 0 Å². The van der Waals surface area contributed by atoms with Crippen molar-refractivity contribution in [2.75, 3.05) is 5.73 Å². The van der Waals surface area contributed by atoms with Crippen LogP contribution in [0.15, 0.2) is 52.6 Å². The largest absolute Gasteiger partial charge is 0.384 e. The monoisotopic (exact) mass is 432 g/mol. The van der Waals surface area contributed by atoms with Crippen LogP contribution >= 0.6 is 0 Å². The molecule has 2 aromatic heterocycles. The smallest absolute Gasteiger partial charge is 0.221 e. The fraction of sp³-hybridized carbons (Fsp3) is 0.182. The molecule has 9 nitrogen and oxygen atoms in total. The lowest BCUT2D eigenvalue weighted by atomic mass is 10.0. The van der Waals surface area contributed by atoms with Crippen LogP contribution in [0.25, 0.3) is 11.3 Å². The average molecular weight is 432 g/mol. The molecule has 5 N–H and O–H groups in total. The summed E-state index contributed by atoms with van der Waals surface area (Å²) >= 11 is 0. The van der Waals surface area contributed by atoms with Gasteiger partial charge in [0.05, 0.1) is 41.1 Å². The first-order valence-electron chi connectivity index (χ1n) is 9.53. The summed E-state index contributed by atoms with van der Waals surface area (Å²) in [4.78, 5) is 16.8. The minimum Gasteiger partial charge on any atom is -0.384 e. The summed E-state index contributed by atoms with van der Waals surface area (Å²) in [5, 5.41) is 22.9. The Morgan fingerprint density at radius 1 is 1.22 bits per heavy atom. The topological polar surface area (TPSA) is 159 Å². The molecule has 0 saturated carbocycles. The molecule has 3 rings (SSSR count). The fourth-order valence-electron chi connectivity index (χ4n) is 2.85. The number of aromatic nitrogens is 3. The summed E-state index contributed by atoms with van der Waals surface area (Å²) in [5.41, 5.74) is 6.47. The van der Waals surface area contributed by atoms with Crippen LogP contribution in [0.4, 0.5) is 10.3 Å². The highest BCUT2D eigenvalue weighted by Gasteiger charge is 2.18. The Morgan fingerprint density at radius 2 is 1.97 bits per heavy atom. The zero-order chi connectivity index (χ0) is 23.3. The molecule has 0 aliphatic rings. The third kappa shape index (κ3) is 5.08. The van der Waals surface area contributed by atoms with Gasteiger partial charge in [-0.15, -0.1) is 0 Å². The number of hydrogen-bond acceptors (Lipinski definition) is 9. The zero-order valence-electron chi connectivity index (χ0n) is 17.5. The number of nitriles is 1. The van der Waals surface area contributed by atoms with Crippen LogP contribution in [0.3, 0.4) is 0 Å². The number of benzene rings is 1. The van der Waals surface area contributed by atoms with E-state index in [2.05, 4.69) is 25.0 Å². The third-order valence-corrected chi connectivity index (χ3v) is 4.44. The molecule has 1 aromatic carbocycles. The summed E-state index contributed by atoms with van der Waals surface area (Å²) in [6.07, 6.45) is 1.39. The number of nitrogen functional groups attached to an aromatic ring is 1. The second kappa shape index (κ2) is 9.28. The zero-order valence-corrected chi connectivity index (χ0v) is 17.5. The quantitative estimate of drug-likeness (QED) is 0.306. The predicted molar refractivity (Wildman–Crippen MR) is 119 cm³/mol. The van der Waals surface area contributed by atoms with E-state index in [4.69, 9.17) is 16.8 Å². The molecule has 162 valence electrons. The summed E-state index contributed by atoms with van der Waals surface area (Å²) in [5.74, 6) is 4.68. The maximum atomic E-state index is 14.6. The third-order valence-electron chi connectivity index (χ3n) is 4.44. The van der Waals surface area contributed by atoms with Crippen LogP contribution in [-0.4, -0.2) is 32.0 Å². The molecule has 0 fully saturated rings. The summed E-state index contributed by atoms with van der Waals surface area (Å²) < 4.78 is 14.6. The molecule has 0 unspecified atom stereocenters. The van der Waals surface area contributed by atoms with Gasteiger partial charge in [0, 0.05) is 5.56 Å². The number of nitrogens with zero attached hydrogens (tertiary/aromatic N) is 6. The Hall–Kier alpha value is -4.23. The number of rotatable bonds is 6. The van der Waals surface area contributed by atoms with Crippen LogP contribution in [0.5, 0.6) is 0 Å². The van der Waals surface area contributed by atoms with Crippen molar-refractivity contribution in [3.63, 3.8) is 0 Å². The van der Waals surface area contributed by atoms with Crippen molar-refractivity contribution in [2.24, 2.45) is 15.9 Å². The number of halogens is 1. The molecule has 0 atom stereocenters. The number of hydrogen-bond donors (Lipinski definition) is 3. The van der Waals surface area contributed by atoms with Gasteiger partial charge in [-0.1, -0.05) is 12.1 Å². The molecule has 2 heterocycles. The highest BCUT2D eigenvalue weighted by molar-refractivity contribution is 6.37. The average Bonchev–Trinajstić information content (AvgIpc) is 2.76. The first kappa shape index (κ1) is 22.5. The van der Waals surface area contributed by atoms with E-state index in [0.717, 1.165) is 0 Å². The molecule has 0 aliphatic heterocycles. The Kier molecular flexibility index (Phi) is 6.51. The van der Waals surface area contributed by atoms with E-state index in [1.807, 2.05) is 0 Å². The van der Waals surface area contributed by atoms with Crippen molar-refractivity contribution in [1.82, 2.24) is 15.0 Å². The van der Waals surface area contributed by atoms with E-state index in [-0.39, 0.29) is 40.7 Å². The number of hydrazone groups is 1.